The van der Waals surface area contributed by atoms with Crippen molar-refractivity contribution in [2.45, 2.75) is 50.1 Å². The Morgan fingerprint density at radius 2 is 2.16 bits per heavy atom. The molecule has 106 valence electrons. The zero-order chi connectivity index (χ0) is 14.3. The summed E-state index contributed by atoms with van der Waals surface area (Å²) in [7, 11) is -3.79. The van der Waals surface area contributed by atoms with Crippen molar-refractivity contribution in [1.29, 1.82) is 0 Å². The number of sulfonamides is 1. The molecule has 7 heteroatoms. The van der Waals surface area contributed by atoms with Crippen LogP contribution in [-0.4, -0.2) is 24.4 Å². The second kappa shape index (κ2) is 4.64. The zero-order valence-corrected chi connectivity index (χ0v) is 12.0. The highest BCUT2D eigenvalue weighted by molar-refractivity contribution is 7.89. The minimum atomic E-state index is -3.79. The summed E-state index contributed by atoms with van der Waals surface area (Å²) >= 11 is 0. The van der Waals surface area contributed by atoms with Crippen LogP contribution in [0.1, 0.15) is 43.6 Å². The maximum atomic E-state index is 12.2. The van der Waals surface area contributed by atoms with Gasteiger partial charge in [0.15, 0.2) is 0 Å². The predicted molar refractivity (Wildman–Crippen MR) is 71.2 cm³/mol. The Morgan fingerprint density at radius 3 is 2.63 bits per heavy atom. The van der Waals surface area contributed by atoms with Crippen LogP contribution < -0.4 is 10.5 Å². The van der Waals surface area contributed by atoms with Crippen LogP contribution in [0.2, 0.25) is 0 Å². The zero-order valence-electron chi connectivity index (χ0n) is 11.1. The van der Waals surface area contributed by atoms with Crippen molar-refractivity contribution in [2.24, 2.45) is 5.14 Å². The van der Waals surface area contributed by atoms with Crippen molar-refractivity contribution in [3.63, 3.8) is 0 Å². The van der Waals surface area contributed by atoms with Gasteiger partial charge in [0.25, 0.3) is 5.91 Å². The molecule has 1 aliphatic rings. The molecule has 2 rings (SSSR count). The smallest absolute Gasteiger partial charge is 0.268 e. The Bertz CT molecular complexity index is 600. The Kier molecular flexibility index (Phi) is 3.44. The number of carbonyl (C=O) groups excluding carboxylic acids is 1. The summed E-state index contributed by atoms with van der Waals surface area (Å²) in [5.74, 6) is -0.247. The summed E-state index contributed by atoms with van der Waals surface area (Å²) in [6.07, 6.45) is 4.13. The van der Waals surface area contributed by atoms with Crippen molar-refractivity contribution in [3.05, 3.63) is 18.0 Å². The van der Waals surface area contributed by atoms with Gasteiger partial charge < -0.3 is 9.88 Å². The van der Waals surface area contributed by atoms with Crippen LogP contribution in [0, 0.1) is 0 Å². The van der Waals surface area contributed by atoms with E-state index in [0.29, 0.717) is 12.2 Å². The molecule has 19 heavy (non-hydrogen) atoms. The number of hydrogen-bond acceptors (Lipinski definition) is 3. The van der Waals surface area contributed by atoms with Gasteiger partial charge in [-0.15, -0.1) is 0 Å². The second-order valence-electron chi connectivity index (χ2n) is 5.31. The summed E-state index contributed by atoms with van der Waals surface area (Å²) in [5.41, 5.74) is 0.208. The first kappa shape index (κ1) is 14.1. The van der Waals surface area contributed by atoms with Crippen LogP contribution in [0.4, 0.5) is 0 Å². The normalized spacial score (nSPS) is 17.2. The topological polar surface area (TPSA) is 94.2 Å². The lowest BCUT2D eigenvalue weighted by Gasteiger charge is -2.13. The highest BCUT2D eigenvalue weighted by atomic mass is 32.2. The standard InChI is InChI=1S/C12H19N3O3S/c1-3-6-15-8-9(19(13,17)18)7-10(15)11(16)14-12(2)4-5-12/h7-8H,3-6H2,1-2H3,(H,14,16)(H2,13,17,18). The number of hydrogen-bond donors (Lipinski definition) is 2. The molecule has 0 unspecified atom stereocenters. The van der Waals surface area contributed by atoms with Gasteiger partial charge in [-0.3, -0.25) is 4.79 Å². The average molecular weight is 285 g/mol. The van der Waals surface area contributed by atoms with E-state index in [-0.39, 0.29) is 16.3 Å². The molecule has 1 aliphatic carbocycles. The van der Waals surface area contributed by atoms with E-state index in [2.05, 4.69) is 5.32 Å². The number of aryl methyl sites for hydroxylation is 1. The Balaban J connectivity index is 2.31. The molecule has 1 fully saturated rings. The second-order valence-corrected chi connectivity index (χ2v) is 6.88. The van der Waals surface area contributed by atoms with Gasteiger partial charge in [0, 0.05) is 18.3 Å². The first-order chi connectivity index (χ1) is 8.75. The van der Waals surface area contributed by atoms with E-state index in [9.17, 15) is 13.2 Å². The number of amides is 1. The van der Waals surface area contributed by atoms with E-state index in [1.807, 2.05) is 13.8 Å². The lowest BCUT2D eigenvalue weighted by atomic mass is 10.3. The third-order valence-electron chi connectivity index (χ3n) is 3.31. The molecule has 1 amide bonds. The number of nitrogens with one attached hydrogen (secondary N) is 1. The fraction of sp³-hybridized carbons (Fsp3) is 0.583. The summed E-state index contributed by atoms with van der Waals surface area (Å²) in [6, 6.07) is 1.34. The highest BCUT2D eigenvalue weighted by Gasteiger charge is 2.39. The van der Waals surface area contributed by atoms with E-state index in [4.69, 9.17) is 5.14 Å². The van der Waals surface area contributed by atoms with Crippen LogP contribution in [0.5, 0.6) is 0 Å². The quantitative estimate of drug-likeness (QED) is 0.839. The monoisotopic (exact) mass is 285 g/mol. The van der Waals surface area contributed by atoms with Gasteiger partial charge >= 0.3 is 0 Å². The van der Waals surface area contributed by atoms with Crippen molar-refractivity contribution >= 4 is 15.9 Å². The number of nitrogens with two attached hydrogens (primary N) is 1. The lowest BCUT2D eigenvalue weighted by molar-refractivity contribution is 0.0926. The number of nitrogens with zero attached hydrogens (tertiary/aromatic N) is 1. The van der Waals surface area contributed by atoms with Gasteiger partial charge in [-0.25, -0.2) is 13.6 Å². The van der Waals surface area contributed by atoms with E-state index >= 15 is 0 Å². The van der Waals surface area contributed by atoms with Crippen molar-refractivity contribution in [2.75, 3.05) is 0 Å². The first-order valence-corrected chi connectivity index (χ1v) is 7.85. The van der Waals surface area contributed by atoms with Gasteiger partial charge in [0.1, 0.15) is 10.6 Å². The van der Waals surface area contributed by atoms with Crippen molar-refractivity contribution in [3.8, 4) is 0 Å². The van der Waals surface area contributed by atoms with Crippen LogP contribution >= 0.6 is 0 Å². The molecule has 3 N–H and O–H groups in total. The summed E-state index contributed by atoms with van der Waals surface area (Å²) in [5, 5.41) is 8.02. The van der Waals surface area contributed by atoms with Gasteiger partial charge in [0.2, 0.25) is 10.0 Å². The number of primary sulfonamides is 1. The highest BCUT2D eigenvalue weighted by Crippen LogP contribution is 2.34. The molecule has 1 aromatic rings. The fourth-order valence-electron chi connectivity index (χ4n) is 1.91. The molecule has 0 saturated heterocycles. The van der Waals surface area contributed by atoms with Crippen LogP contribution in [0.3, 0.4) is 0 Å². The maximum Gasteiger partial charge on any atom is 0.268 e. The summed E-state index contributed by atoms with van der Waals surface area (Å²) < 4.78 is 24.4. The molecular formula is C12H19N3O3S. The lowest BCUT2D eigenvalue weighted by Crippen LogP contribution is -2.35. The largest absolute Gasteiger partial charge is 0.346 e. The minimum Gasteiger partial charge on any atom is -0.346 e. The molecule has 0 spiro atoms. The van der Waals surface area contributed by atoms with Crippen molar-refractivity contribution < 1.29 is 13.2 Å². The molecular weight excluding hydrogens is 266 g/mol. The van der Waals surface area contributed by atoms with E-state index in [0.717, 1.165) is 19.3 Å². The molecule has 0 bridgehead atoms. The van der Waals surface area contributed by atoms with Gasteiger partial charge in [-0.05, 0) is 32.3 Å². The molecule has 1 saturated carbocycles. The maximum absolute atomic E-state index is 12.2. The third-order valence-corrected chi connectivity index (χ3v) is 4.19. The molecule has 0 aromatic carbocycles. The summed E-state index contributed by atoms with van der Waals surface area (Å²) in [4.78, 5) is 12.1. The SMILES string of the molecule is CCCn1cc(S(N)(=O)=O)cc1C(=O)NC1(C)CC1. The third kappa shape index (κ3) is 3.16. The van der Waals surface area contributed by atoms with Gasteiger partial charge in [0.05, 0.1) is 0 Å². The van der Waals surface area contributed by atoms with E-state index < -0.39 is 10.0 Å². The van der Waals surface area contributed by atoms with Crippen LogP contribution in [0.25, 0.3) is 0 Å². The number of rotatable bonds is 5. The van der Waals surface area contributed by atoms with Crippen LogP contribution in [0.15, 0.2) is 17.2 Å². The first-order valence-electron chi connectivity index (χ1n) is 6.31. The number of carbonyl (C=O) groups is 1. The Morgan fingerprint density at radius 1 is 1.53 bits per heavy atom. The van der Waals surface area contributed by atoms with Crippen LogP contribution in [-0.2, 0) is 16.6 Å². The average Bonchev–Trinajstić information content (AvgIpc) is 2.85. The summed E-state index contributed by atoms with van der Waals surface area (Å²) in [6.45, 7) is 4.51. The van der Waals surface area contributed by atoms with Gasteiger partial charge in [-0.1, -0.05) is 6.92 Å². The van der Waals surface area contributed by atoms with E-state index in [1.165, 1.54) is 12.3 Å². The molecule has 0 aliphatic heterocycles. The minimum absolute atomic E-state index is 0.0212. The van der Waals surface area contributed by atoms with E-state index in [1.54, 1.807) is 4.57 Å². The van der Waals surface area contributed by atoms with Gasteiger partial charge in [-0.2, -0.15) is 0 Å². The number of aromatic nitrogens is 1. The molecule has 0 atom stereocenters. The Hall–Kier alpha value is -1.34. The Labute approximate surface area is 113 Å². The molecule has 0 radical (unpaired) electrons. The molecule has 6 nitrogen and oxygen atoms in total. The molecule has 1 heterocycles. The fourth-order valence-corrected chi connectivity index (χ4v) is 2.46. The predicted octanol–water partition coefficient (Wildman–Crippen LogP) is 0.828. The molecule has 1 aromatic heterocycles. The van der Waals surface area contributed by atoms with Crippen molar-refractivity contribution in [1.82, 2.24) is 9.88 Å².